The summed E-state index contributed by atoms with van der Waals surface area (Å²) in [5.41, 5.74) is 4.07. The van der Waals surface area contributed by atoms with E-state index in [0.717, 1.165) is 22.6 Å². The van der Waals surface area contributed by atoms with E-state index in [2.05, 4.69) is 15.6 Å². The molecule has 0 aliphatic carbocycles. The van der Waals surface area contributed by atoms with Crippen molar-refractivity contribution in [3.8, 4) is 0 Å². The van der Waals surface area contributed by atoms with Crippen molar-refractivity contribution in [2.24, 2.45) is 0 Å². The van der Waals surface area contributed by atoms with Crippen LogP contribution in [0.5, 0.6) is 0 Å². The van der Waals surface area contributed by atoms with Crippen molar-refractivity contribution in [3.63, 3.8) is 0 Å². The van der Waals surface area contributed by atoms with E-state index < -0.39 is 0 Å². The molecule has 0 bridgehead atoms. The maximum atomic E-state index is 12.2. The Hall–Kier alpha value is -2.36. The van der Waals surface area contributed by atoms with Gasteiger partial charge in [0, 0.05) is 24.6 Å². The molecule has 1 heterocycles. The minimum absolute atomic E-state index is 0.164. The first-order valence-corrected chi connectivity index (χ1v) is 6.12. The van der Waals surface area contributed by atoms with Crippen LogP contribution in [-0.2, 0) is 0 Å². The Morgan fingerprint density at radius 3 is 2.68 bits per heavy atom. The van der Waals surface area contributed by atoms with E-state index in [1.165, 1.54) is 0 Å². The third-order valence-electron chi connectivity index (χ3n) is 2.83. The van der Waals surface area contributed by atoms with Crippen molar-refractivity contribution in [2.45, 2.75) is 13.8 Å². The molecular formula is C15H17N3O. The number of aromatic nitrogens is 1. The molecule has 19 heavy (non-hydrogen) atoms. The molecule has 0 saturated carbocycles. The van der Waals surface area contributed by atoms with Crippen LogP contribution in [0.4, 0.5) is 11.4 Å². The Kier molecular flexibility index (Phi) is 3.80. The largest absolute Gasteiger partial charge is 0.387 e. The summed E-state index contributed by atoms with van der Waals surface area (Å²) in [6.45, 7) is 3.88. The highest BCUT2D eigenvalue weighted by Crippen LogP contribution is 2.17. The molecule has 0 aliphatic heterocycles. The van der Waals surface area contributed by atoms with Gasteiger partial charge in [-0.3, -0.25) is 9.78 Å². The van der Waals surface area contributed by atoms with Crippen LogP contribution in [0, 0.1) is 13.8 Å². The number of benzene rings is 1. The van der Waals surface area contributed by atoms with E-state index >= 15 is 0 Å². The highest BCUT2D eigenvalue weighted by Gasteiger charge is 2.11. The van der Waals surface area contributed by atoms with Crippen LogP contribution in [0.3, 0.4) is 0 Å². The molecule has 98 valence electrons. The molecule has 0 fully saturated rings. The molecular weight excluding hydrogens is 238 g/mol. The molecule has 0 atom stereocenters. The van der Waals surface area contributed by atoms with E-state index in [9.17, 15) is 4.79 Å². The summed E-state index contributed by atoms with van der Waals surface area (Å²) in [5, 5.41) is 5.89. The number of rotatable bonds is 3. The molecule has 2 aromatic rings. The molecule has 1 amide bonds. The van der Waals surface area contributed by atoms with E-state index in [1.54, 1.807) is 13.2 Å². The van der Waals surface area contributed by atoms with Crippen LogP contribution >= 0.6 is 0 Å². The standard InChI is InChI=1S/C15H17N3O/c1-10-5-4-6-12(7-10)18-15(19)13-9-17-11(2)8-14(13)16-3/h4-9H,1-3H3,(H,16,17)(H,18,19). The Labute approximate surface area is 112 Å². The summed E-state index contributed by atoms with van der Waals surface area (Å²) in [6, 6.07) is 9.55. The van der Waals surface area contributed by atoms with Gasteiger partial charge >= 0.3 is 0 Å². The lowest BCUT2D eigenvalue weighted by Gasteiger charge is -2.10. The minimum atomic E-state index is -0.164. The van der Waals surface area contributed by atoms with Gasteiger partial charge in [-0.05, 0) is 37.6 Å². The summed E-state index contributed by atoms with van der Waals surface area (Å²) < 4.78 is 0. The third kappa shape index (κ3) is 3.10. The number of aryl methyl sites for hydroxylation is 2. The Morgan fingerprint density at radius 1 is 1.21 bits per heavy atom. The van der Waals surface area contributed by atoms with Crippen LogP contribution in [0.2, 0.25) is 0 Å². The number of pyridine rings is 1. The van der Waals surface area contributed by atoms with Gasteiger partial charge in [0.1, 0.15) is 0 Å². The minimum Gasteiger partial charge on any atom is -0.387 e. The summed E-state index contributed by atoms with van der Waals surface area (Å²) in [7, 11) is 1.79. The first-order valence-electron chi connectivity index (χ1n) is 6.12. The average molecular weight is 255 g/mol. The lowest BCUT2D eigenvalue weighted by molar-refractivity contribution is 0.102. The van der Waals surface area contributed by atoms with Crippen LogP contribution in [-0.4, -0.2) is 17.9 Å². The highest BCUT2D eigenvalue weighted by atomic mass is 16.1. The van der Waals surface area contributed by atoms with Crippen molar-refractivity contribution in [1.82, 2.24) is 4.98 Å². The number of hydrogen-bond donors (Lipinski definition) is 2. The zero-order valence-electron chi connectivity index (χ0n) is 11.3. The normalized spacial score (nSPS) is 10.1. The van der Waals surface area contributed by atoms with Gasteiger partial charge in [0.2, 0.25) is 0 Å². The van der Waals surface area contributed by atoms with Crippen molar-refractivity contribution < 1.29 is 4.79 Å². The van der Waals surface area contributed by atoms with Crippen molar-refractivity contribution in [2.75, 3.05) is 17.7 Å². The molecule has 0 unspecified atom stereocenters. The average Bonchev–Trinajstić information content (AvgIpc) is 2.38. The zero-order chi connectivity index (χ0) is 13.8. The monoisotopic (exact) mass is 255 g/mol. The molecule has 1 aromatic heterocycles. The van der Waals surface area contributed by atoms with Gasteiger partial charge in [-0.15, -0.1) is 0 Å². The topological polar surface area (TPSA) is 54.0 Å². The third-order valence-corrected chi connectivity index (χ3v) is 2.83. The summed E-state index contributed by atoms with van der Waals surface area (Å²) in [4.78, 5) is 16.4. The first-order chi connectivity index (χ1) is 9.10. The number of carbonyl (C=O) groups excluding carboxylic acids is 1. The maximum Gasteiger partial charge on any atom is 0.259 e. The zero-order valence-corrected chi connectivity index (χ0v) is 11.3. The molecule has 2 rings (SSSR count). The smallest absolute Gasteiger partial charge is 0.259 e. The number of hydrogen-bond acceptors (Lipinski definition) is 3. The van der Waals surface area contributed by atoms with Gasteiger partial charge in [0.25, 0.3) is 5.91 Å². The highest BCUT2D eigenvalue weighted by molar-refractivity contribution is 6.07. The fourth-order valence-corrected chi connectivity index (χ4v) is 1.87. The van der Waals surface area contributed by atoms with E-state index in [4.69, 9.17) is 0 Å². The fourth-order valence-electron chi connectivity index (χ4n) is 1.87. The van der Waals surface area contributed by atoms with Crippen LogP contribution < -0.4 is 10.6 Å². The van der Waals surface area contributed by atoms with Crippen LogP contribution in [0.25, 0.3) is 0 Å². The molecule has 4 heteroatoms. The second kappa shape index (κ2) is 5.52. The van der Waals surface area contributed by atoms with Crippen molar-refractivity contribution in [1.29, 1.82) is 0 Å². The number of nitrogens with zero attached hydrogens (tertiary/aromatic N) is 1. The van der Waals surface area contributed by atoms with Crippen molar-refractivity contribution >= 4 is 17.3 Å². The van der Waals surface area contributed by atoms with Gasteiger partial charge in [0.05, 0.1) is 11.3 Å². The Bertz CT molecular complexity index is 608. The first kappa shape index (κ1) is 13.1. The lowest BCUT2D eigenvalue weighted by Crippen LogP contribution is -2.14. The molecule has 1 aromatic carbocycles. The number of nitrogens with one attached hydrogen (secondary N) is 2. The molecule has 0 aliphatic rings. The number of carbonyl (C=O) groups is 1. The van der Waals surface area contributed by atoms with E-state index in [0.29, 0.717) is 5.56 Å². The summed E-state index contributed by atoms with van der Waals surface area (Å²) in [6.07, 6.45) is 1.59. The predicted molar refractivity (Wildman–Crippen MR) is 77.7 cm³/mol. The van der Waals surface area contributed by atoms with Gasteiger partial charge in [0.15, 0.2) is 0 Å². The predicted octanol–water partition coefficient (Wildman–Crippen LogP) is 2.99. The maximum absolute atomic E-state index is 12.2. The van der Waals surface area contributed by atoms with E-state index in [1.807, 2.05) is 44.2 Å². The molecule has 0 radical (unpaired) electrons. The van der Waals surface area contributed by atoms with Crippen LogP contribution in [0.15, 0.2) is 36.5 Å². The molecule has 4 nitrogen and oxygen atoms in total. The SMILES string of the molecule is CNc1cc(C)ncc1C(=O)Nc1cccc(C)c1. The van der Waals surface area contributed by atoms with Crippen molar-refractivity contribution in [3.05, 3.63) is 53.3 Å². The summed E-state index contributed by atoms with van der Waals surface area (Å²) in [5.74, 6) is -0.164. The van der Waals surface area contributed by atoms with Gasteiger partial charge in [-0.25, -0.2) is 0 Å². The quantitative estimate of drug-likeness (QED) is 0.886. The Morgan fingerprint density at radius 2 is 2.00 bits per heavy atom. The van der Waals surface area contributed by atoms with E-state index in [-0.39, 0.29) is 5.91 Å². The second-order valence-corrected chi connectivity index (χ2v) is 4.44. The number of anilines is 2. The molecule has 0 spiro atoms. The Balaban J connectivity index is 2.25. The van der Waals surface area contributed by atoms with Gasteiger partial charge < -0.3 is 10.6 Å². The molecule has 0 saturated heterocycles. The van der Waals surface area contributed by atoms with Crippen LogP contribution in [0.1, 0.15) is 21.6 Å². The van der Waals surface area contributed by atoms with Gasteiger partial charge in [-0.2, -0.15) is 0 Å². The second-order valence-electron chi connectivity index (χ2n) is 4.44. The fraction of sp³-hybridized carbons (Fsp3) is 0.200. The number of amides is 1. The molecule has 2 N–H and O–H groups in total. The lowest BCUT2D eigenvalue weighted by atomic mass is 10.1. The summed E-state index contributed by atoms with van der Waals surface area (Å²) >= 11 is 0. The van der Waals surface area contributed by atoms with Gasteiger partial charge in [-0.1, -0.05) is 12.1 Å².